The van der Waals surface area contributed by atoms with E-state index in [0.717, 1.165) is 28.2 Å². The largest absolute Gasteiger partial charge is 0.454 e. The molecule has 0 saturated carbocycles. The molecule has 2 aliphatic rings. The van der Waals surface area contributed by atoms with Crippen LogP contribution in [0.25, 0.3) is 0 Å². The van der Waals surface area contributed by atoms with Crippen molar-refractivity contribution in [2.45, 2.75) is 12.5 Å². The predicted molar refractivity (Wildman–Crippen MR) is 72.7 cm³/mol. The fourth-order valence-corrected chi connectivity index (χ4v) is 2.82. The number of ether oxygens (including phenoxy) is 2. The second kappa shape index (κ2) is 4.27. The van der Waals surface area contributed by atoms with E-state index in [1.165, 1.54) is 0 Å². The van der Waals surface area contributed by atoms with E-state index in [2.05, 4.69) is 5.32 Å². The van der Waals surface area contributed by atoms with Crippen LogP contribution in [0.3, 0.4) is 0 Å². The maximum atomic E-state index is 12.3. The molecule has 0 bridgehead atoms. The van der Waals surface area contributed by atoms with E-state index in [1.807, 2.05) is 42.5 Å². The molecule has 2 aromatic rings. The van der Waals surface area contributed by atoms with Crippen LogP contribution in [0.1, 0.15) is 22.6 Å². The third kappa shape index (κ3) is 1.65. The number of benzene rings is 2. The van der Waals surface area contributed by atoms with E-state index in [0.29, 0.717) is 6.54 Å². The molecule has 20 heavy (non-hydrogen) atoms. The predicted octanol–water partition coefficient (Wildman–Crippen LogP) is 2.18. The molecule has 2 aromatic carbocycles. The van der Waals surface area contributed by atoms with E-state index in [1.54, 1.807) is 0 Å². The summed E-state index contributed by atoms with van der Waals surface area (Å²) in [7, 11) is 0. The van der Waals surface area contributed by atoms with Crippen LogP contribution >= 0.6 is 0 Å². The molecule has 0 fully saturated rings. The first-order valence-electron chi connectivity index (χ1n) is 6.58. The Kier molecular flexibility index (Phi) is 2.42. The van der Waals surface area contributed by atoms with Gasteiger partial charge in [-0.1, -0.05) is 30.3 Å². The summed E-state index contributed by atoms with van der Waals surface area (Å²) in [5.74, 6) is 1.23. The van der Waals surface area contributed by atoms with Gasteiger partial charge >= 0.3 is 0 Å². The molecule has 0 aromatic heterocycles. The summed E-state index contributed by atoms with van der Waals surface area (Å²) in [5.41, 5.74) is 3.08. The van der Waals surface area contributed by atoms with Crippen LogP contribution in [-0.4, -0.2) is 12.7 Å². The van der Waals surface area contributed by atoms with E-state index >= 15 is 0 Å². The van der Waals surface area contributed by atoms with Gasteiger partial charge in [0.15, 0.2) is 11.5 Å². The van der Waals surface area contributed by atoms with Crippen LogP contribution in [-0.2, 0) is 11.3 Å². The van der Waals surface area contributed by atoms with Crippen molar-refractivity contribution in [2.75, 3.05) is 6.79 Å². The number of fused-ring (bicyclic) bond motifs is 2. The lowest BCUT2D eigenvalue weighted by molar-refractivity contribution is -0.122. The number of hydrogen-bond acceptors (Lipinski definition) is 3. The molecule has 4 nitrogen and oxygen atoms in total. The van der Waals surface area contributed by atoms with Crippen LogP contribution < -0.4 is 14.8 Å². The first kappa shape index (κ1) is 11.3. The van der Waals surface area contributed by atoms with Gasteiger partial charge in [-0.25, -0.2) is 0 Å². The molecule has 4 rings (SSSR count). The molecule has 4 heteroatoms. The zero-order valence-corrected chi connectivity index (χ0v) is 10.8. The highest BCUT2D eigenvalue weighted by Crippen LogP contribution is 2.40. The Morgan fingerprint density at radius 3 is 2.60 bits per heavy atom. The van der Waals surface area contributed by atoms with Gasteiger partial charge < -0.3 is 14.8 Å². The van der Waals surface area contributed by atoms with E-state index < -0.39 is 0 Å². The highest BCUT2D eigenvalue weighted by molar-refractivity contribution is 5.89. The molecule has 100 valence electrons. The lowest BCUT2D eigenvalue weighted by atomic mass is 9.84. The average molecular weight is 267 g/mol. The fraction of sp³-hybridized carbons (Fsp3) is 0.188. The minimum Gasteiger partial charge on any atom is -0.454 e. The van der Waals surface area contributed by atoms with E-state index in [9.17, 15) is 4.79 Å². The molecule has 2 aliphatic heterocycles. The standard InChI is InChI=1S/C16H13NO3/c18-16-15(10-4-2-1-3-5-10)12-7-14-13(19-9-20-14)6-11(12)8-17-16/h1-7,15H,8-9H2,(H,17,18). The molecule has 2 heterocycles. The van der Waals surface area contributed by atoms with Gasteiger partial charge in [0.25, 0.3) is 0 Å². The minimum absolute atomic E-state index is 0.0302. The number of rotatable bonds is 1. The third-order valence-corrected chi connectivity index (χ3v) is 3.79. The van der Waals surface area contributed by atoms with Crippen molar-refractivity contribution in [1.82, 2.24) is 5.32 Å². The topological polar surface area (TPSA) is 47.6 Å². The summed E-state index contributed by atoms with van der Waals surface area (Å²) in [6.07, 6.45) is 0. The lowest BCUT2D eigenvalue weighted by Gasteiger charge is -2.26. The maximum absolute atomic E-state index is 12.3. The highest BCUT2D eigenvalue weighted by Gasteiger charge is 2.31. The van der Waals surface area contributed by atoms with Crippen LogP contribution in [0.2, 0.25) is 0 Å². The number of carbonyl (C=O) groups is 1. The SMILES string of the molecule is O=C1NCc2cc3c(cc2C1c1ccccc1)OCO3. The van der Waals surface area contributed by atoms with Crippen LogP contribution in [0.5, 0.6) is 11.5 Å². The zero-order valence-electron chi connectivity index (χ0n) is 10.8. The molecular formula is C16H13NO3. The molecule has 0 aliphatic carbocycles. The Labute approximate surface area is 116 Å². The number of carbonyl (C=O) groups excluding carboxylic acids is 1. The van der Waals surface area contributed by atoms with E-state index in [-0.39, 0.29) is 18.6 Å². The molecule has 1 unspecified atom stereocenters. The molecule has 1 atom stereocenters. The van der Waals surface area contributed by atoms with Crippen molar-refractivity contribution in [1.29, 1.82) is 0 Å². The molecule has 1 N–H and O–H groups in total. The van der Waals surface area contributed by atoms with Crippen LogP contribution in [0.15, 0.2) is 42.5 Å². The van der Waals surface area contributed by atoms with Crippen molar-refractivity contribution in [3.05, 3.63) is 59.2 Å². The van der Waals surface area contributed by atoms with Gasteiger partial charge in [-0.05, 0) is 28.8 Å². The molecule has 1 amide bonds. The third-order valence-electron chi connectivity index (χ3n) is 3.79. The summed E-state index contributed by atoms with van der Waals surface area (Å²) in [6, 6.07) is 13.7. The summed E-state index contributed by atoms with van der Waals surface area (Å²) in [4.78, 5) is 12.3. The van der Waals surface area contributed by atoms with Crippen molar-refractivity contribution in [3.8, 4) is 11.5 Å². The molecule has 0 radical (unpaired) electrons. The minimum atomic E-state index is -0.283. The van der Waals surface area contributed by atoms with Crippen molar-refractivity contribution in [2.24, 2.45) is 0 Å². The lowest BCUT2D eigenvalue weighted by Crippen LogP contribution is -2.35. The Bertz CT molecular complexity index is 682. The zero-order chi connectivity index (χ0) is 13.5. The quantitative estimate of drug-likeness (QED) is 0.861. The number of amides is 1. The normalized spacial score (nSPS) is 19.4. The van der Waals surface area contributed by atoms with Gasteiger partial charge in [0.05, 0.1) is 5.92 Å². The van der Waals surface area contributed by atoms with Crippen molar-refractivity contribution < 1.29 is 14.3 Å². The number of hydrogen-bond donors (Lipinski definition) is 1. The molecular weight excluding hydrogens is 254 g/mol. The van der Waals surface area contributed by atoms with Gasteiger partial charge in [-0.3, -0.25) is 4.79 Å². The fourth-order valence-electron chi connectivity index (χ4n) is 2.82. The van der Waals surface area contributed by atoms with Gasteiger partial charge in [0.1, 0.15) is 0 Å². The Morgan fingerprint density at radius 2 is 1.80 bits per heavy atom. The summed E-state index contributed by atoms with van der Waals surface area (Å²) < 4.78 is 10.8. The van der Waals surface area contributed by atoms with Crippen molar-refractivity contribution >= 4 is 5.91 Å². The van der Waals surface area contributed by atoms with Crippen molar-refractivity contribution in [3.63, 3.8) is 0 Å². The Hall–Kier alpha value is -2.49. The molecule has 0 spiro atoms. The van der Waals surface area contributed by atoms with Crippen LogP contribution in [0.4, 0.5) is 0 Å². The van der Waals surface area contributed by atoms with Gasteiger partial charge in [0, 0.05) is 6.54 Å². The highest BCUT2D eigenvalue weighted by atomic mass is 16.7. The second-order valence-corrected chi connectivity index (χ2v) is 4.97. The van der Waals surface area contributed by atoms with E-state index in [4.69, 9.17) is 9.47 Å². The summed E-state index contributed by atoms with van der Waals surface area (Å²) >= 11 is 0. The van der Waals surface area contributed by atoms with Gasteiger partial charge in [-0.15, -0.1) is 0 Å². The molecule has 0 saturated heterocycles. The second-order valence-electron chi connectivity index (χ2n) is 4.97. The first-order chi connectivity index (χ1) is 9.83. The average Bonchev–Trinajstić information content (AvgIpc) is 2.93. The first-order valence-corrected chi connectivity index (χ1v) is 6.58. The van der Waals surface area contributed by atoms with Crippen LogP contribution in [0, 0.1) is 0 Å². The van der Waals surface area contributed by atoms with Gasteiger partial charge in [0.2, 0.25) is 12.7 Å². The smallest absolute Gasteiger partial charge is 0.232 e. The monoisotopic (exact) mass is 267 g/mol. The maximum Gasteiger partial charge on any atom is 0.232 e. The Morgan fingerprint density at radius 1 is 1.05 bits per heavy atom. The summed E-state index contributed by atoms with van der Waals surface area (Å²) in [5, 5.41) is 2.94. The number of nitrogens with one attached hydrogen (secondary N) is 1. The summed E-state index contributed by atoms with van der Waals surface area (Å²) in [6.45, 7) is 0.781. The Balaban J connectivity index is 1.88. The van der Waals surface area contributed by atoms with Gasteiger partial charge in [-0.2, -0.15) is 0 Å².